The van der Waals surface area contributed by atoms with E-state index in [4.69, 9.17) is 0 Å². The summed E-state index contributed by atoms with van der Waals surface area (Å²) in [6.07, 6.45) is 3.96. The molecule has 0 amide bonds. The van der Waals surface area contributed by atoms with E-state index in [1.165, 1.54) is 37.2 Å². The quantitative estimate of drug-likeness (QED) is 0.790. The maximum absolute atomic E-state index is 9.34. The first-order valence-electron chi connectivity index (χ1n) is 5.97. The molecule has 1 aliphatic heterocycles. The van der Waals surface area contributed by atoms with Gasteiger partial charge in [-0.15, -0.1) is 11.8 Å². The Morgan fingerprint density at radius 2 is 2.38 bits per heavy atom. The molecule has 2 nitrogen and oxygen atoms in total. The number of piperidine rings is 1. The van der Waals surface area contributed by atoms with Crippen molar-refractivity contribution in [1.82, 2.24) is 5.32 Å². The highest BCUT2D eigenvalue weighted by Gasteiger charge is 2.12. The molecule has 1 saturated heterocycles. The largest absolute Gasteiger partial charge is 0.508 e. The molecule has 0 aromatic heterocycles. The van der Waals surface area contributed by atoms with E-state index in [1.807, 2.05) is 23.9 Å². The number of hydrogen-bond donors (Lipinski definition) is 2. The third-order valence-electron chi connectivity index (χ3n) is 3.01. The van der Waals surface area contributed by atoms with E-state index in [9.17, 15) is 5.11 Å². The zero-order valence-electron chi connectivity index (χ0n) is 9.48. The van der Waals surface area contributed by atoms with Gasteiger partial charge in [-0.25, -0.2) is 0 Å². The van der Waals surface area contributed by atoms with Crippen molar-refractivity contribution in [2.45, 2.75) is 24.2 Å². The molecule has 3 heteroatoms. The first-order valence-corrected chi connectivity index (χ1v) is 6.96. The van der Waals surface area contributed by atoms with Crippen molar-refractivity contribution in [2.75, 3.05) is 18.8 Å². The molecule has 1 atom stereocenters. The highest BCUT2D eigenvalue weighted by molar-refractivity contribution is 7.99. The van der Waals surface area contributed by atoms with Gasteiger partial charge >= 0.3 is 0 Å². The predicted molar refractivity (Wildman–Crippen MR) is 69.0 cm³/mol. The molecule has 88 valence electrons. The van der Waals surface area contributed by atoms with Gasteiger partial charge in [0.05, 0.1) is 0 Å². The van der Waals surface area contributed by atoms with Gasteiger partial charge in [-0.05, 0) is 62.2 Å². The highest BCUT2D eigenvalue weighted by atomic mass is 32.2. The van der Waals surface area contributed by atoms with Crippen LogP contribution in [0.25, 0.3) is 0 Å². The topological polar surface area (TPSA) is 32.3 Å². The molecule has 2 rings (SSSR count). The Morgan fingerprint density at radius 1 is 1.44 bits per heavy atom. The molecular weight excluding hydrogens is 218 g/mol. The Labute approximate surface area is 101 Å². The van der Waals surface area contributed by atoms with Gasteiger partial charge in [0.2, 0.25) is 0 Å². The number of nitrogens with one attached hydrogen (secondary N) is 1. The average molecular weight is 237 g/mol. The van der Waals surface area contributed by atoms with Gasteiger partial charge in [-0.2, -0.15) is 0 Å². The monoisotopic (exact) mass is 237 g/mol. The Hall–Kier alpha value is -0.670. The molecule has 1 aromatic carbocycles. The van der Waals surface area contributed by atoms with Gasteiger partial charge in [0.15, 0.2) is 0 Å². The Balaban J connectivity index is 1.71. The number of phenols is 1. The fourth-order valence-corrected chi connectivity index (χ4v) is 3.15. The van der Waals surface area contributed by atoms with Crippen molar-refractivity contribution < 1.29 is 5.11 Å². The second kappa shape index (κ2) is 6.16. The van der Waals surface area contributed by atoms with Crippen LogP contribution < -0.4 is 5.32 Å². The summed E-state index contributed by atoms with van der Waals surface area (Å²) in [5.74, 6) is 2.36. The second-order valence-corrected chi connectivity index (χ2v) is 5.52. The molecular formula is C13H19NOS. The normalized spacial score (nSPS) is 20.9. The van der Waals surface area contributed by atoms with Crippen LogP contribution >= 0.6 is 11.8 Å². The number of rotatable bonds is 4. The highest BCUT2D eigenvalue weighted by Crippen LogP contribution is 2.25. The lowest BCUT2D eigenvalue weighted by atomic mass is 9.97. The minimum atomic E-state index is 0.365. The molecule has 1 aromatic rings. The Morgan fingerprint density at radius 3 is 3.12 bits per heavy atom. The van der Waals surface area contributed by atoms with Crippen molar-refractivity contribution in [3.8, 4) is 5.75 Å². The third kappa shape index (κ3) is 3.72. The Kier molecular flexibility index (Phi) is 4.55. The predicted octanol–water partition coefficient (Wildman–Crippen LogP) is 2.87. The standard InChI is InChI=1S/C13H19NOS/c15-12-4-1-5-13(9-12)16-8-6-11-3-2-7-14-10-11/h1,4-5,9,11,14-15H,2-3,6-8,10H2. The summed E-state index contributed by atoms with van der Waals surface area (Å²) in [6.45, 7) is 2.37. The lowest BCUT2D eigenvalue weighted by molar-refractivity contribution is 0.371. The van der Waals surface area contributed by atoms with Gasteiger partial charge in [0.1, 0.15) is 5.75 Å². The molecule has 2 N–H and O–H groups in total. The van der Waals surface area contributed by atoms with Crippen LogP contribution in [0.4, 0.5) is 0 Å². The lowest BCUT2D eigenvalue weighted by Crippen LogP contribution is -2.29. The van der Waals surface area contributed by atoms with Crippen LogP contribution in [0, 0.1) is 5.92 Å². The SMILES string of the molecule is Oc1cccc(SCCC2CCCNC2)c1. The minimum absolute atomic E-state index is 0.365. The molecule has 16 heavy (non-hydrogen) atoms. The number of phenolic OH excluding ortho intramolecular Hbond substituents is 1. The van der Waals surface area contributed by atoms with Crippen LogP contribution in [0.15, 0.2) is 29.2 Å². The number of hydrogen-bond acceptors (Lipinski definition) is 3. The molecule has 0 aliphatic carbocycles. The van der Waals surface area contributed by atoms with Gasteiger partial charge in [-0.1, -0.05) is 6.07 Å². The van der Waals surface area contributed by atoms with Crippen molar-refractivity contribution in [2.24, 2.45) is 5.92 Å². The molecule has 0 bridgehead atoms. The Bertz CT molecular complexity index is 323. The van der Waals surface area contributed by atoms with Gasteiger partial charge in [0, 0.05) is 4.90 Å². The molecule has 0 radical (unpaired) electrons. The summed E-state index contributed by atoms with van der Waals surface area (Å²) in [4.78, 5) is 1.17. The van der Waals surface area contributed by atoms with E-state index in [0.29, 0.717) is 5.75 Å². The number of benzene rings is 1. The molecule has 1 aliphatic rings. The number of thioether (sulfide) groups is 1. The summed E-state index contributed by atoms with van der Waals surface area (Å²) >= 11 is 1.84. The zero-order valence-corrected chi connectivity index (χ0v) is 10.3. The summed E-state index contributed by atoms with van der Waals surface area (Å²) in [5.41, 5.74) is 0. The second-order valence-electron chi connectivity index (χ2n) is 4.35. The van der Waals surface area contributed by atoms with E-state index in [1.54, 1.807) is 6.07 Å². The maximum Gasteiger partial charge on any atom is 0.116 e. The van der Waals surface area contributed by atoms with Crippen LogP contribution in [0.5, 0.6) is 5.75 Å². The summed E-state index contributed by atoms with van der Waals surface area (Å²) in [7, 11) is 0. The fraction of sp³-hybridized carbons (Fsp3) is 0.538. The first kappa shape index (κ1) is 11.8. The van der Waals surface area contributed by atoms with Gasteiger partial charge in [-0.3, -0.25) is 0 Å². The third-order valence-corrected chi connectivity index (χ3v) is 4.04. The van der Waals surface area contributed by atoms with E-state index >= 15 is 0 Å². The van der Waals surface area contributed by atoms with E-state index in [2.05, 4.69) is 11.4 Å². The van der Waals surface area contributed by atoms with Crippen molar-refractivity contribution in [1.29, 1.82) is 0 Å². The maximum atomic E-state index is 9.34. The smallest absolute Gasteiger partial charge is 0.116 e. The average Bonchev–Trinajstić information content (AvgIpc) is 2.30. The summed E-state index contributed by atoms with van der Waals surface area (Å²) in [5, 5.41) is 12.8. The number of aromatic hydroxyl groups is 1. The zero-order chi connectivity index (χ0) is 11.2. The van der Waals surface area contributed by atoms with E-state index in [-0.39, 0.29) is 0 Å². The van der Waals surface area contributed by atoms with Crippen LogP contribution in [-0.4, -0.2) is 23.9 Å². The lowest BCUT2D eigenvalue weighted by Gasteiger charge is -2.22. The van der Waals surface area contributed by atoms with E-state index < -0.39 is 0 Å². The van der Waals surface area contributed by atoms with Crippen molar-refractivity contribution >= 4 is 11.8 Å². The van der Waals surface area contributed by atoms with Gasteiger partial charge < -0.3 is 10.4 Å². The fourth-order valence-electron chi connectivity index (χ4n) is 2.09. The van der Waals surface area contributed by atoms with Crippen molar-refractivity contribution in [3.63, 3.8) is 0 Å². The molecule has 1 fully saturated rings. The van der Waals surface area contributed by atoms with Crippen molar-refractivity contribution in [3.05, 3.63) is 24.3 Å². The molecule has 1 heterocycles. The summed E-state index contributed by atoms with van der Waals surface area (Å²) < 4.78 is 0. The van der Waals surface area contributed by atoms with Crippen LogP contribution in [-0.2, 0) is 0 Å². The molecule has 0 saturated carbocycles. The summed E-state index contributed by atoms with van der Waals surface area (Å²) in [6, 6.07) is 7.52. The molecule has 1 unspecified atom stereocenters. The van der Waals surface area contributed by atoms with Gasteiger partial charge in [0.25, 0.3) is 0 Å². The van der Waals surface area contributed by atoms with Crippen LogP contribution in [0.3, 0.4) is 0 Å². The minimum Gasteiger partial charge on any atom is -0.508 e. The molecule has 0 spiro atoms. The van der Waals surface area contributed by atoms with Crippen LogP contribution in [0.2, 0.25) is 0 Å². The first-order chi connectivity index (χ1) is 7.84. The van der Waals surface area contributed by atoms with E-state index in [0.717, 1.165) is 11.7 Å². The van der Waals surface area contributed by atoms with Crippen LogP contribution in [0.1, 0.15) is 19.3 Å².